The average Bonchev–Trinajstić information content (AvgIpc) is 3.48. The summed E-state index contributed by atoms with van der Waals surface area (Å²) in [4.78, 5) is 32.1. The van der Waals surface area contributed by atoms with E-state index >= 15 is 0 Å². The first-order valence-corrected chi connectivity index (χ1v) is 13.2. The number of nitrogens with zero attached hydrogens (tertiary/aromatic N) is 3. The molecule has 2 aromatic heterocycles. The molecule has 0 radical (unpaired) electrons. The third-order valence-electron chi connectivity index (χ3n) is 6.41. The second kappa shape index (κ2) is 11.0. The van der Waals surface area contributed by atoms with Crippen LogP contribution in [0.2, 0.25) is 0 Å². The Kier molecular flexibility index (Phi) is 7.88. The summed E-state index contributed by atoms with van der Waals surface area (Å²) >= 11 is 1.64. The molecule has 1 aromatic carbocycles. The van der Waals surface area contributed by atoms with Crippen molar-refractivity contribution in [2.24, 2.45) is 5.92 Å². The van der Waals surface area contributed by atoms with E-state index in [9.17, 15) is 9.59 Å². The van der Waals surface area contributed by atoms with Gasteiger partial charge >= 0.3 is 0 Å². The van der Waals surface area contributed by atoms with E-state index in [0.717, 1.165) is 65.3 Å². The van der Waals surface area contributed by atoms with Gasteiger partial charge in [-0.1, -0.05) is 51.3 Å². The Hall–Kier alpha value is -2.86. The lowest BCUT2D eigenvalue weighted by molar-refractivity contribution is -0.121. The summed E-state index contributed by atoms with van der Waals surface area (Å²) in [6, 6.07) is 14.1. The number of anilines is 1. The minimum absolute atomic E-state index is 0.0571. The van der Waals surface area contributed by atoms with E-state index in [-0.39, 0.29) is 17.7 Å². The highest BCUT2D eigenvalue weighted by atomic mass is 32.1. The fourth-order valence-electron chi connectivity index (χ4n) is 4.62. The van der Waals surface area contributed by atoms with Crippen molar-refractivity contribution in [1.29, 1.82) is 0 Å². The van der Waals surface area contributed by atoms with Crippen LogP contribution >= 0.6 is 11.3 Å². The zero-order chi connectivity index (χ0) is 24.1. The lowest BCUT2D eigenvalue weighted by Crippen LogP contribution is -2.37. The molecule has 180 valence electrons. The van der Waals surface area contributed by atoms with Gasteiger partial charge in [-0.25, -0.2) is 0 Å². The van der Waals surface area contributed by atoms with Gasteiger partial charge in [-0.3, -0.25) is 9.59 Å². The number of carbonyl (C=O) groups is 2. The molecule has 2 amide bonds. The van der Waals surface area contributed by atoms with Gasteiger partial charge in [0.05, 0.1) is 5.56 Å². The number of carbonyl (C=O) groups excluding carboxylic acids is 2. The van der Waals surface area contributed by atoms with Gasteiger partial charge in [0, 0.05) is 48.5 Å². The maximum atomic E-state index is 13.9. The Morgan fingerprint density at radius 1 is 0.912 bits per heavy atom. The zero-order valence-corrected chi connectivity index (χ0v) is 21.3. The molecule has 3 heterocycles. The molecule has 0 N–H and O–H groups in total. The number of fused-ring (bicyclic) bond motifs is 1. The minimum atomic E-state index is -0.0726. The zero-order valence-electron chi connectivity index (χ0n) is 20.5. The highest BCUT2D eigenvalue weighted by Gasteiger charge is 2.26. The molecule has 4 rings (SSSR count). The first-order chi connectivity index (χ1) is 16.5. The molecule has 0 fully saturated rings. The number of aryl methyl sites for hydroxylation is 1. The fourth-order valence-corrected chi connectivity index (χ4v) is 5.58. The van der Waals surface area contributed by atoms with Gasteiger partial charge in [-0.05, 0) is 49.6 Å². The maximum absolute atomic E-state index is 13.9. The smallest absolute Gasteiger partial charge is 0.257 e. The number of benzene rings is 1. The topological polar surface area (TPSA) is 45.6 Å². The van der Waals surface area contributed by atoms with Gasteiger partial charge < -0.3 is 14.4 Å². The SMILES string of the molecule is Cc1cc(C(=O)N2CCCCCCCN(C(=O)C(C)C)c3ccccc3C2)c(-n2cccc2)s1. The molecule has 0 unspecified atom stereocenters. The quantitative estimate of drug-likeness (QED) is 0.436. The van der Waals surface area contributed by atoms with Crippen molar-refractivity contribution >= 4 is 28.8 Å². The summed E-state index contributed by atoms with van der Waals surface area (Å²) < 4.78 is 2.03. The summed E-state index contributed by atoms with van der Waals surface area (Å²) in [5.74, 6) is 0.129. The van der Waals surface area contributed by atoms with Crippen molar-refractivity contribution in [3.05, 3.63) is 70.9 Å². The summed E-state index contributed by atoms with van der Waals surface area (Å²) in [6.45, 7) is 7.90. The average molecular weight is 478 g/mol. The van der Waals surface area contributed by atoms with Crippen LogP contribution in [0.25, 0.3) is 5.00 Å². The van der Waals surface area contributed by atoms with Gasteiger partial charge in [-0.15, -0.1) is 11.3 Å². The molecule has 0 atom stereocenters. The van der Waals surface area contributed by atoms with Gasteiger partial charge in [0.25, 0.3) is 5.91 Å². The van der Waals surface area contributed by atoms with E-state index < -0.39 is 0 Å². The van der Waals surface area contributed by atoms with E-state index in [4.69, 9.17) is 0 Å². The van der Waals surface area contributed by atoms with Crippen molar-refractivity contribution in [1.82, 2.24) is 9.47 Å². The number of aromatic nitrogens is 1. The second-order valence-corrected chi connectivity index (χ2v) is 10.7. The number of thiophene rings is 1. The molecular formula is C28H35N3O2S. The van der Waals surface area contributed by atoms with Crippen LogP contribution in [0.4, 0.5) is 5.69 Å². The predicted octanol–water partition coefficient (Wildman–Crippen LogP) is 6.44. The Morgan fingerprint density at radius 3 is 2.32 bits per heavy atom. The number of hydrogen-bond donors (Lipinski definition) is 0. The van der Waals surface area contributed by atoms with Crippen LogP contribution < -0.4 is 4.90 Å². The van der Waals surface area contributed by atoms with E-state index in [1.165, 1.54) is 0 Å². The molecule has 34 heavy (non-hydrogen) atoms. The Labute approximate surface area is 207 Å². The summed E-state index contributed by atoms with van der Waals surface area (Å²) in [5, 5.41) is 0.962. The van der Waals surface area contributed by atoms with Crippen molar-refractivity contribution < 1.29 is 9.59 Å². The Balaban J connectivity index is 1.71. The van der Waals surface area contributed by atoms with E-state index in [2.05, 4.69) is 13.0 Å². The molecule has 0 bridgehead atoms. The standard InChI is InChI=1S/C28H35N3O2S/c1-21(2)26(32)31-18-10-6-4-5-9-17-30(20-23-13-7-8-14-25(23)31)27(33)24-19-22(3)34-28(24)29-15-11-12-16-29/h7-8,11-16,19,21H,4-6,9-10,17-18,20H2,1-3H3. The van der Waals surface area contributed by atoms with Crippen molar-refractivity contribution in [2.45, 2.75) is 59.4 Å². The van der Waals surface area contributed by atoms with Crippen LogP contribution in [0.1, 0.15) is 66.8 Å². The van der Waals surface area contributed by atoms with Gasteiger partial charge in [-0.2, -0.15) is 0 Å². The molecule has 0 saturated heterocycles. The number of amides is 2. The first kappa shape index (κ1) is 24.3. The lowest BCUT2D eigenvalue weighted by Gasteiger charge is -2.30. The summed E-state index contributed by atoms with van der Waals surface area (Å²) in [5.41, 5.74) is 2.71. The van der Waals surface area contributed by atoms with E-state index in [1.54, 1.807) is 11.3 Å². The maximum Gasteiger partial charge on any atom is 0.257 e. The van der Waals surface area contributed by atoms with Crippen molar-refractivity contribution in [3.8, 4) is 5.00 Å². The first-order valence-electron chi connectivity index (χ1n) is 12.4. The molecule has 1 aliphatic heterocycles. The minimum Gasteiger partial charge on any atom is -0.334 e. The Bertz CT molecular complexity index is 1120. The molecule has 0 saturated carbocycles. The van der Waals surface area contributed by atoms with Crippen LogP contribution in [-0.4, -0.2) is 34.4 Å². The van der Waals surface area contributed by atoms with Crippen molar-refractivity contribution in [3.63, 3.8) is 0 Å². The number of rotatable bonds is 3. The Morgan fingerprint density at radius 2 is 1.59 bits per heavy atom. The molecule has 6 heteroatoms. The van der Waals surface area contributed by atoms with Crippen LogP contribution in [0.5, 0.6) is 0 Å². The molecule has 5 nitrogen and oxygen atoms in total. The normalized spacial score (nSPS) is 15.5. The molecular weight excluding hydrogens is 442 g/mol. The highest BCUT2D eigenvalue weighted by molar-refractivity contribution is 7.14. The largest absolute Gasteiger partial charge is 0.334 e. The van der Waals surface area contributed by atoms with Crippen LogP contribution in [0.3, 0.4) is 0 Å². The molecule has 0 spiro atoms. The second-order valence-electron chi connectivity index (χ2n) is 9.43. The van der Waals surface area contributed by atoms with Crippen molar-refractivity contribution in [2.75, 3.05) is 18.0 Å². The summed E-state index contributed by atoms with van der Waals surface area (Å²) in [6.07, 6.45) is 9.29. The van der Waals surface area contributed by atoms with Gasteiger partial charge in [0.2, 0.25) is 5.91 Å². The van der Waals surface area contributed by atoms with E-state index in [1.807, 2.05) is 77.0 Å². The van der Waals surface area contributed by atoms with Gasteiger partial charge in [0.1, 0.15) is 5.00 Å². The molecule has 3 aromatic rings. The lowest BCUT2D eigenvalue weighted by atomic mass is 10.0. The van der Waals surface area contributed by atoms with Crippen LogP contribution in [0.15, 0.2) is 54.9 Å². The van der Waals surface area contributed by atoms with Crippen LogP contribution in [0, 0.1) is 12.8 Å². The predicted molar refractivity (Wildman–Crippen MR) is 140 cm³/mol. The third kappa shape index (κ3) is 5.44. The molecule has 0 aliphatic carbocycles. The number of para-hydroxylation sites is 1. The fraction of sp³-hybridized carbons (Fsp3) is 0.429. The molecule has 1 aliphatic rings. The van der Waals surface area contributed by atoms with Crippen LogP contribution in [-0.2, 0) is 11.3 Å². The number of hydrogen-bond acceptors (Lipinski definition) is 3. The van der Waals surface area contributed by atoms with Gasteiger partial charge in [0.15, 0.2) is 0 Å². The monoisotopic (exact) mass is 477 g/mol. The highest BCUT2D eigenvalue weighted by Crippen LogP contribution is 2.30. The van der Waals surface area contributed by atoms with E-state index in [0.29, 0.717) is 13.1 Å². The third-order valence-corrected chi connectivity index (χ3v) is 7.47. The summed E-state index contributed by atoms with van der Waals surface area (Å²) in [7, 11) is 0.